The highest BCUT2D eigenvalue weighted by molar-refractivity contribution is 7.80. The molecule has 9 heteroatoms. The molecule has 1 aliphatic heterocycles. The maximum absolute atomic E-state index is 11.9. The van der Waals surface area contributed by atoms with E-state index in [1.807, 2.05) is 30.3 Å². The Bertz CT molecular complexity index is 1110. The zero-order chi connectivity index (χ0) is 22.0. The first-order valence-electron chi connectivity index (χ1n) is 9.62. The molecule has 2 N–H and O–H groups in total. The molecule has 160 valence electrons. The van der Waals surface area contributed by atoms with E-state index >= 15 is 0 Å². The van der Waals surface area contributed by atoms with Crippen LogP contribution in [-0.2, 0) is 9.53 Å². The Kier molecular flexibility index (Phi) is 6.52. The van der Waals surface area contributed by atoms with E-state index in [2.05, 4.69) is 38.9 Å². The number of hydrogen-bond acceptors (Lipinski definition) is 5. The highest BCUT2D eigenvalue weighted by Crippen LogP contribution is 2.45. The summed E-state index contributed by atoms with van der Waals surface area (Å²) in [6, 6.07) is 13.3. The molecule has 3 aromatic rings. The number of benzene rings is 1. The Morgan fingerprint density at radius 2 is 2.19 bits per heavy atom. The second-order valence-corrected chi connectivity index (χ2v) is 8.85. The number of halogens is 1. The number of hydrogen-bond donors (Lipinski definition) is 2. The van der Waals surface area contributed by atoms with Crippen molar-refractivity contribution in [3.05, 3.63) is 75.2 Å². The van der Waals surface area contributed by atoms with Crippen LogP contribution in [0.5, 0.6) is 0 Å². The van der Waals surface area contributed by atoms with Crippen LogP contribution in [0.25, 0.3) is 0 Å². The molecule has 0 aliphatic carbocycles. The Labute approximate surface area is 195 Å². The Balaban J connectivity index is 1.72. The molecule has 31 heavy (non-hydrogen) atoms. The van der Waals surface area contributed by atoms with E-state index in [4.69, 9.17) is 28.6 Å². The highest BCUT2D eigenvalue weighted by Gasteiger charge is 2.42. The predicted molar refractivity (Wildman–Crippen MR) is 129 cm³/mol. The third kappa shape index (κ3) is 4.43. The molecule has 1 aliphatic rings. The van der Waals surface area contributed by atoms with E-state index in [0.717, 1.165) is 11.4 Å². The standard InChI is InChI=1S/C22H21ClN4O2S2/c1-13-8-10-31-21(13)20-19(17-5-3-4-9-24-17)26-22(30)27(20)14-6-7-16(15(23)11-14)25-18(28)12-29-2/h3-11,19-20H,12H2,1-2H3,(H,25,28)(H,26,30)/t19-,20+/m0/s1. The average Bonchev–Trinajstić information content (AvgIpc) is 3.32. The van der Waals surface area contributed by atoms with Crippen molar-refractivity contribution in [2.24, 2.45) is 0 Å². The van der Waals surface area contributed by atoms with Crippen LogP contribution in [0.1, 0.15) is 28.2 Å². The molecule has 0 spiro atoms. The summed E-state index contributed by atoms with van der Waals surface area (Å²) in [5.41, 5.74) is 3.47. The maximum atomic E-state index is 11.9. The third-order valence-electron chi connectivity index (χ3n) is 5.05. The molecule has 2 atom stereocenters. The number of nitrogens with one attached hydrogen (secondary N) is 2. The van der Waals surface area contributed by atoms with E-state index in [9.17, 15) is 4.79 Å². The number of thiophene rings is 1. The number of carbonyl (C=O) groups is 1. The van der Waals surface area contributed by atoms with Crippen LogP contribution in [0.4, 0.5) is 11.4 Å². The third-order valence-corrected chi connectivity index (χ3v) is 6.77. The fraction of sp³-hybridized carbons (Fsp3) is 0.227. The molecule has 3 heterocycles. The second kappa shape index (κ2) is 9.32. The summed E-state index contributed by atoms with van der Waals surface area (Å²) in [5, 5.41) is 9.30. The van der Waals surface area contributed by atoms with Crippen LogP contribution in [0, 0.1) is 6.92 Å². The number of nitrogens with zero attached hydrogens (tertiary/aromatic N) is 2. The largest absolute Gasteiger partial charge is 0.375 e. The first-order valence-corrected chi connectivity index (χ1v) is 11.3. The van der Waals surface area contributed by atoms with Crippen LogP contribution >= 0.6 is 35.2 Å². The van der Waals surface area contributed by atoms with Crippen molar-refractivity contribution >= 4 is 57.5 Å². The van der Waals surface area contributed by atoms with E-state index in [1.165, 1.54) is 17.6 Å². The summed E-state index contributed by atoms with van der Waals surface area (Å²) in [5.74, 6) is -0.266. The molecule has 6 nitrogen and oxygen atoms in total. The van der Waals surface area contributed by atoms with Crippen molar-refractivity contribution in [1.82, 2.24) is 10.3 Å². The van der Waals surface area contributed by atoms with Crippen LogP contribution in [0.3, 0.4) is 0 Å². The minimum absolute atomic E-state index is 0.0380. The molecule has 2 aromatic heterocycles. The molecule has 1 saturated heterocycles. The number of ether oxygens (including phenoxy) is 1. The number of anilines is 2. The van der Waals surface area contributed by atoms with E-state index < -0.39 is 0 Å². The number of amides is 1. The molecule has 4 rings (SSSR count). The van der Waals surface area contributed by atoms with Crippen molar-refractivity contribution < 1.29 is 9.53 Å². The maximum Gasteiger partial charge on any atom is 0.250 e. The summed E-state index contributed by atoms with van der Waals surface area (Å²) in [4.78, 5) is 19.7. The number of carbonyl (C=O) groups excluding carboxylic acids is 1. The molecule has 1 amide bonds. The molecule has 0 saturated carbocycles. The van der Waals surface area contributed by atoms with E-state index in [0.29, 0.717) is 15.8 Å². The number of pyridine rings is 1. The van der Waals surface area contributed by atoms with Gasteiger partial charge >= 0.3 is 0 Å². The van der Waals surface area contributed by atoms with Gasteiger partial charge in [0.15, 0.2) is 5.11 Å². The van der Waals surface area contributed by atoms with Gasteiger partial charge in [-0.25, -0.2) is 0 Å². The highest BCUT2D eigenvalue weighted by atomic mass is 35.5. The van der Waals surface area contributed by atoms with Gasteiger partial charge in [0.1, 0.15) is 6.61 Å². The number of aromatic nitrogens is 1. The quantitative estimate of drug-likeness (QED) is 0.499. The van der Waals surface area contributed by atoms with Crippen LogP contribution in [-0.4, -0.2) is 29.7 Å². The van der Waals surface area contributed by atoms with Gasteiger partial charge in [-0.05, 0) is 66.5 Å². The molecule has 1 aromatic carbocycles. The zero-order valence-electron chi connectivity index (χ0n) is 17.0. The van der Waals surface area contributed by atoms with Gasteiger partial charge < -0.3 is 20.3 Å². The lowest BCUT2D eigenvalue weighted by molar-refractivity contribution is -0.119. The summed E-state index contributed by atoms with van der Waals surface area (Å²) in [7, 11) is 1.47. The lowest BCUT2D eigenvalue weighted by Crippen LogP contribution is -2.29. The Hall–Kier alpha value is -2.52. The van der Waals surface area contributed by atoms with Gasteiger partial charge in [0.2, 0.25) is 5.91 Å². The number of aryl methyl sites for hydroxylation is 1. The van der Waals surface area contributed by atoms with Gasteiger partial charge in [0.05, 0.1) is 28.5 Å². The Morgan fingerprint density at radius 1 is 1.35 bits per heavy atom. The van der Waals surface area contributed by atoms with Crippen LogP contribution in [0.2, 0.25) is 5.02 Å². The monoisotopic (exact) mass is 472 g/mol. The lowest BCUT2D eigenvalue weighted by Gasteiger charge is -2.28. The van der Waals surface area contributed by atoms with Crippen LogP contribution in [0.15, 0.2) is 54.0 Å². The predicted octanol–water partition coefficient (Wildman–Crippen LogP) is 4.87. The first-order chi connectivity index (χ1) is 15.0. The van der Waals surface area contributed by atoms with Gasteiger partial charge in [-0.3, -0.25) is 9.78 Å². The fourth-order valence-corrected chi connectivity index (χ4v) is 5.28. The summed E-state index contributed by atoms with van der Waals surface area (Å²) in [6.07, 6.45) is 1.79. The molecule has 0 bridgehead atoms. The smallest absolute Gasteiger partial charge is 0.250 e. The topological polar surface area (TPSA) is 66.5 Å². The fourth-order valence-electron chi connectivity index (χ4n) is 3.66. The first kappa shape index (κ1) is 21.7. The molecular formula is C22H21ClN4O2S2. The van der Waals surface area contributed by atoms with Crippen molar-refractivity contribution in [3.63, 3.8) is 0 Å². The molecule has 0 unspecified atom stereocenters. The van der Waals surface area contributed by atoms with Crippen LogP contribution < -0.4 is 15.5 Å². The minimum Gasteiger partial charge on any atom is -0.375 e. The van der Waals surface area contributed by atoms with Crippen molar-refractivity contribution in [2.45, 2.75) is 19.0 Å². The van der Waals surface area contributed by atoms with Crippen molar-refractivity contribution in [2.75, 3.05) is 23.9 Å². The van der Waals surface area contributed by atoms with Crippen molar-refractivity contribution in [3.8, 4) is 0 Å². The summed E-state index contributed by atoms with van der Waals surface area (Å²) >= 11 is 13.9. The zero-order valence-corrected chi connectivity index (χ0v) is 19.4. The number of methoxy groups -OCH3 is 1. The van der Waals surface area contributed by atoms with Gasteiger partial charge in [-0.2, -0.15) is 0 Å². The normalized spacial score (nSPS) is 18.2. The second-order valence-electron chi connectivity index (χ2n) is 7.11. The van der Waals surface area contributed by atoms with E-state index in [1.54, 1.807) is 23.6 Å². The number of thiocarbonyl (C=S) groups is 1. The van der Waals surface area contributed by atoms with Gasteiger partial charge in [0, 0.05) is 23.9 Å². The van der Waals surface area contributed by atoms with Gasteiger partial charge in [-0.15, -0.1) is 11.3 Å². The van der Waals surface area contributed by atoms with Gasteiger partial charge in [0.25, 0.3) is 0 Å². The SMILES string of the molecule is COCC(=O)Nc1ccc(N2C(=S)N[C@@H](c3ccccn3)[C@@H]2c2sccc2C)cc1Cl. The average molecular weight is 473 g/mol. The minimum atomic E-state index is -0.266. The van der Waals surface area contributed by atoms with Crippen molar-refractivity contribution in [1.29, 1.82) is 0 Å². The summed E-state index contributed by atoms with van der Waals surface area (Å²) in [6.45, 7) is 2.06. The Morgan fingerprint density at radius 3 is 2.84 bits per heavy atom. The lowest BCUT2D eigenvalue weighted by atomic mass is 10.0. The molecular weight excluding hydrogens is 452 g/mol. The number of rotatable bonds is 6. The summed E-state index contributed by atoms with van der Waals surface area (Å²) < 4.78 is 4.86. The molecule has 0 radical (unpaired) electrons. The van der Waals surface area contributed by atoms with Gasteiger partial charge in [-0.1, -0.05) is 17.7 Å². The molecule has 1 fully saturated rings. The van der Waals surface area contributed by atoms with E-state index in [-0.39, 0.29) is 24.6 Å².